The Morgan fingerprint density at radius 3 is 2.52 bits per heavy atom. The van der Waals surface area contributed by atoms with Gasteiger partial charge in [-0.15, -0.1) is 0 Å². The van der Waals surface area contributed by atoms with Crippen molar-refractivity contribution in [3.05, 3.63) is 0 Å². The lowest BCUT2D eigenvalue weighted by atomic mass is 9.44. The van der Waals surface area contributed by atoms with E-state index in [1.807, 2.05) is 0 Å². The Balaban J connectivity index is 1.63. The van der Waals surface area contributed by atoms with Gasteiger partial charge in [-0.25, -0.2) is 0 Å². The van der Waals surface area contributed by atoms with E-state index in [-0.39, 0.29) is 52.6 Å². The molecule has 0 spiro atoms. The van der Waals surface area contributed by atoms with Gasteiger partial charge in [0.25, 0.3) is 0 Å². The van der Waals surface area contributed by atoms with Gasteiger partial charge in [0.1, 0.15) is 17.3 Å². The van der Waals surface area contributed by atoms with Crippen LogP contribution in [0.15, 0.2) is 0 Å². The first kappa shape index (κ1) is 20.7. The molecule has 4 fully saturated rings. The molecule has 0 bridgehead atoms. The third kappa shape index (κ3) is 3.02. The standard InChI is InChI=1S/C24H35NO4/c1-13(4-7-21(25)29)16-5-6-17-22-18(12-20(28)24(16,17)3)23(2)9-8-15(26)10-14(23)11-19(22)27/h13-14,16-18,22H,4-12H2,1-3H3,(H2,25,29)/t13-,14?,16?,17?,18?,22?,23+,24-/m1/s1. The number of ketones is 3. The van der Waals surface area contributed by atoms with Crippen LogP contribution in [0, 0.1) is 46.3 Å². The molecule has 0 aromatic rings. The first-order chi connectivity index (χ1) is 13.6. The highest BCUT2D eigenvalue weighted by Crippen LogP contribution is 2.66. The zero-order valence-electron chi connectivity index (χ0n) is 18.0. The molecular formula is C24H35NO4. The van der Waals surface area contributed by atoms with Gasteiger partial charge in [0.15, 0.2) is 0 Å². The van der Waals surface area contributed by atoms with Crippen molar-refractivity contribution in [3.8, 4) is 0 Å². The Morgan fingerprint density at radius 2 is 1.83 bits per heavy atom. The molecule has 0 aromatic heterocycles. The second-order valence-corrected chi connectivity index (χ2v) is 10.9. The van der Waals surface area contributed by atoms with E-state index >= 15 is 0 Å². The van der Waals surface area contributed by atoms with E-state index in [4.69, 9.17) is 5.73 Å². The molecule has 4 saturated carbocycles. The molecule has 4 aliphatic carbocycles. The molecule has 8 atom stereocenters. The molecule has 4 aliphatic rings. The monoisotopic (exact) mass is 401 g/mol. The molecule has 4 rings (SSSR count). The van der Waals surface area contributed by atoms with Crippen LogP contribution >= 0.6 is 0 Å². The molecule has 0 radical (unpaired) electrons. The number of hydrogen-bond donors (Lipinski definition) is 1. The smallest absolute Gasteiger partial charge is 0.217 e. The van der Waals surface area contributed by atoms with Crippen LogP contribution in [0.5, 0.6) is 0 Å². The van der Waals surface area contributed by atoms with Gasteiger partial charge in [-0.1, -0.05) is 20.8 Å². The van der Waals surface area contributed by atoms with Crippen LogP contribution in [0.2, 0.25) is 0 Å². The number of fused-ring (bicyclic) bond motifs is 5. The van der Waals surface area contributed by atoms with Crippen LogP contribution in [-0.4, -0.2) is 23.3 Å². The lowest BCUT2D eigenvalue weighted by Gasteiger charge is -2.58. The number of primary amides is 1. The third-order valence-corrected chi connectivity index (χ3v) is 9.75. The van der Waals surface area contributed by atoms with Crippen molar-refractivity contribution in [2.45, 2.75) is 78.6 Å². The highest BCUT2D eigenvalue weighted by Gasteiger charge is 2.66. The number of rotatable bonds is 4. The Labute approximate surface area is 173 Å². The van der Waals surface area contributed by atoms with E-state index in [2.05, 4.69) is 20.8 Å². The molecule has 0 aliphatic heterocycles. The fourth-order valence-electron chi connectivity index (χ4n) is 7.96. The highest BCUT2D eigenvalue weighted by atomic mass is 16.1. The summed E-state index contributed by atoms with van der Waals surface area (Å²) in [5.41, 5.74) is 4.81. The van der Waals surface area contributed by atoms with Gasteiger partial charge in [0.05, 0.1) is 0 Å². The van der Waals surface area contributed by atoms with E-state index in [1.54, 1.807) is 0 Å². The molecule has 5 nitrogen and oxygen atoms in total. The molecule has 2 N–H and O–H groups in total. The van der Waals surface area contributed by atoms with Gasteiger partial charge < -0.3 is 5.73 Å². The van der Waals surface area contributed by atoms with Crippen LogP contribution in [0.25, 0.3) is 0 Å². The van der Waals surface area contributed by atoms with Crippen molar-refractivity contribution in [2.75, 3.05) is 0 Å². The number of Topliss-reactive ketones (excluding diaryl/α,β-unsaturated/α-hetero) is 3. The molecule has 160 valence electrons. The topological polar surface area (TPSA) is 94.3 Å². The Bertz CT molecular complexity index is 760. The highest BCUT2D eigenvalue weighted by molar-refractivity contribution is 5.93. The van der Waals surface area contributed by atoms with Crippen LogP contribution < -0.4 is 5.73 Å². The zero-order chi connectivity index (χ0) is 21.1. The minimum atomic E-state index is -0.471. The molecule has 29 heavy (non-hydrogen) atoms. The molecule has 5 unspecified atom stereocenters. The summed E-state index contributed by atoms with van der Waals surface area (Å²) in [6.45, 7) is 6.47. The van der Waals surface area contributed by atoms with Crippen molar-refractivity contribution in [3.63, 3.8) is 0 Å². The Kier molecular flexibility index (Phi) is 5.02. The van der Waals surface area contributed by atoms with Crippen molar-refractivity contribution >= 4 is 23.3 Å². The average molecular weight is 402 g/mol. The molecule has 0 heterocycles. The van der Waals surface area contributed by atoms with Gasteiger partial charge in [-0.3, -0.25) is 19.2 Å². The van der Waals surface area contributed by atoms with Gasteiger partial charge in [0.2, 0.25) is 5.91 Å². The predicted molar refractivity (Wildman–Crippen MR) is 109 cm³/mol. The van der Waals surface area contributed by atoms with Crippen LogP contribution in [0.3, 0.4) is 0 Å². The largest absolute Gasteiger partial charge is 0.370 e. The predicted octanol–water partition coefficient (Wildman–Crippen LogP) is 3.47. The van der Waals surface area contributed by atoms with Crippen LogP contribution in [0.4, 0.5) is 0 Å². The molecule has 1 amide bonds. The van der Waals surface area contributed by atoms with Gasteiger partial charge in [-0.05, 0) is 60.7 Å². The van der Waals surface area contributed by atoms with Crippen molar-refractivity contribution in [1.82, 2.24) is 0 Å². The van der Waals surface area contributed by atoms with E-state index in [1.165, 1.54) is 0 Å². The van der Waals surface area contributed by atoms with Crippen molar-refractivity contribution < 1.29 is 19.2 Å². The summed E-state index contributed by atoms with van der Waals surface area (Å²) >= 11 is 0. The minimum Gasteiger partial charge on any atom is -0.370 e. The van der Waals surface area contributed by atoms with E-state index in [9.17, 15) is 19.2 Å². The average Bonchev–Trinajstić information content (AvgIpc) is 3.01. The minimum absolute atomic E-state index is 0.0412. The molecular weight excluding hydrogens is 366 g/mol. The number of amides is 1. The van der Waals surface area contributed by atoms with Gasteiger partial charge in [0, 0.05) is 43.4 Å². The SMILES string of the molecule is C[C@H](CCC(N)=O)C1CCC2C3C(=O)CC4CC(=O)CC[C@]4(C)C3CC(=O)[C@@]21C. The first-order valence-corrected chi connectivity index (χ1v) is 11.4. The maximum Gasteiger partial charge on any atom is 0.217 e. The fourth-order valence-corrected chi connectivity index (χ4v) is 7.96. The summed E-state index contributed by atoms with van der Waals surface area (Å²) < 4.78 is 0. The van der Waals surface area contributed by atoms with Crippen LogP contribution in [0.1, 0.15) is 78.6 Å². The van der Waals surface area contributed by atoms with E-state index in [0.29, 0.717) is 50.1 Å². The normalized spacial score (nSPS) is 45.3. The second kappa shape index (κ2) is 7.02. The first-order valence-electron chi connectivity index (χ1n) is 11.4. The second-order valence-electron chi connectivity index (χ2n) is 10.9. The number of nitrogens with two attached hydrogens (primary N) is 1. The van der Waals surface area contributed by atoms with Crippen LogP contribution in [-0.2, 0) is 19.2 Å². The number of carbonyl (C=O) groups excluding carboxylic acids is 4. The summed E-state index contributed by atoms with van der Waals surface area (Å²) in [4.78, 5) is 50.3. The Morgan fingerprint density at radius 1 is 1.10 bits per heavy atom. The molecule has 0 aromatic carbocycles. The molecule has 5 heteroatoms. The fraction of sp³-hybridized carbons (Fsp3) is 0.833. The number of hydrogen-bond acceptors (Lipinski definition) is 4. The van der Waals surface area contributed by atoms with Gasteiger partial charge >= 0.3 is 0 Å². The summed E-state index contributed by atoms with van der Waals surface area (Å²) in [5, 5.41) is 0. The summed E-state index contributed by atoms with van der Waals surface area (Å²) in [5.74, 6) is 1.31. The quantitative estimate of drug-likeness (QED) is 0.780. The Hall–Kier alpha value is -1.52. The summed E-state index contributed by atoms with van der Waals surface area (Å²) in [6, 6.07) is 0. The van der Waals surface area contributed by atoms with E-state index in [0.717, 1.165) is 19.3 Å². The maximum absolute atomic E-state index is 13.6. The maximum atomic E-state index is 13.6. The zero-order valence-corrected chi connectivity index (χ0v) is 18.0. The lowest BCUT2D eigenvalue weighted by Crippen LogP contribution is -2.60. The molecule has 0 saturated heterocycles. The summed E-state index contributed by atoms with van der Waals surface area (Å²) in [6.07, 6.45) is 5.82. The van der Waals surface area contributed by atoms with Gasteiger partial charge in [-0.2, -0.15) is 0 Å². The lowest BCUT2D eigenvalue weighted by molar-refractivity contribution is -0.166. The van der Waals surface area contributed by atoms with E-state index < -0.39 is 5.41 Å². The van der Waals surface area contributed by atoms with Crippen molar-refractivity contribution in [1.29, 1.82) is 0 Å². The third-order valence-electron chi connectivity index (χ3n) is 9.75. The summed E-state index contributed by atoms with van der Waals surface area (Å²) in [7, 11) is 0. The number of carbonyl (C=O) groups is 4. The van der Waals surface area contributed by atoms with Crippen molar-refractivity contribution in [2.24, 2.45) is 52.1 Å².